The van der Waals surface area contributed by atoms with Gasteiger partial charge in [0.05, 0.1) is 109 Å². The van der Waals surface area contributed by atoms with E-state index in [4.69, 9.17) is 42.6 Å². The zero-order chi connectivity index (χ0) is 74.1. The first-order valence-electron chi connectivity index (χ1n) is 33.9. The average Bonchev–Trinajstić information content (AvgIpc) is 1.11. The maximum atomic E-state index is 13.8. The van der Waals surface area contributed by atoms with Gasteiger partial charge < -0.3 is 42.6 Å². The first kappa shape index (κ1) is 76.2. The molecule has 7 aliphatic rings. The largest absolute Gasteiger partial charge is 0.497 e. The van der Waals surface area contributed by atoms with Crippen molar-refractivity contribution in [3.05, 3.63) is 175 Å². The molecule has 560 valence electrons. The van der Waals surface area contributed by atoms with Gasteiger partial charge in [-0.2, -0.15) is 17.2 Å². The lowest BCUT2D eigenvalue weighted by molar-refractivity contribution is -0.146. The topological polar surface area (TPSA) is 304 Å². The Morgan fingerprint density at radius 3 is 1.27 bits per heavy atom. The normalized spacial score (nSPS) is 24.1. The molecule has 6 atom stereocenters. The van der Waals surface area contributed by atoms with Gasteiger partial charge in [0.1, 0.15) is 45.9 Å². The standard InChI is InChI=1S/C26H33NO7S2.C25H26N2O7S2.C21H26N2O7S2/c1-32-19-7-11-21(12-8-19)35(28,29)25-15-16-26(24-6-4-3-5-23(24)25)27(17-18-34-26)36(30,31)22-13-9-20(33-2)10-14-22;1-32-19-7-11-21(12-8-19)35(28,29)26-16-15-25(23-5-3-4-6-24(23)26)27(17-18-34-25)36(30,31)22-13-9-20(33-2)10-14-22;1-28-17-4-8-19(9-5-17)31(24,25)22-13-3-12-21(16-22)23(14-15-30-21)32(26,27)20-10-6-18(29-2)7-11-20/h7-14,23-25H,3-6,15-18H2,1-2H3;3-14H,15-18H2,1-2H3;4-11H,3,12-16H2,1-2H3. The molecule has 0 amide bonds. The molecule has 5 heterocycles. The number of methoxy groups -OCH3 is 6. The minimum atomic E-state index is -3.96. The van der Waals surface area contributed by atoms with Gasteiger partial charge in [0.25, 0.3) is 10.0 Å². The Kier molecular flexibility index (Phi) is 22.3. The van der Waals surface area contributed by atoms with E-state index in [-0.39, 0.29) is 100 Å². The van der Waals surface area contributed by atoms with Crippen LogP contribution < -0.4 is 32.7 Å². The number of sulfonamides is 5. The van der Waals surface area contributed by atoms with E-state index < -0.39 is 82.4 Å². The second kappa shape index (κ2) is 30.4. The van der Waals surface area contributed by atoms with Crippen LogP contribution in [0.5, 0.6) is 34.5 Å². The van der Waals surface area contributed by atoms with Crippen LogP contribution in [0.4, 0.5) is 5.69 Å². The Labute approximate surface area is 609 Å². The van der Waals surface area contributed by atoms with E-state index in [1.807, 2.05) is 0 Å². The van der Waals surface area contributed by atoms with Gasteiger partial charge >= 0.3 is 0 Å². The van der Waals surface area contributed by atoms with Crippen molar-refractivity contribution in [3.63, 3.8) is 0 Å². The number of rotatable bonds is 18. The fourth-order valence-electron chi connectivity index (χ4n) is 15.5. The smallest absolute Gasteiger partial charge is 0.264 e. The molecule has 14 rings (SSSR count). The van der Waals surface area contributed by atoms with Gasteiger partial charge in [0, 0.05) is 50.6 Å². The minimum Gasteiger partial charge on any atom is -0.497 e. The fourth-order valence-corrected chi connectivity index (χ4v) is 25.7. The third-order valence-electron chi connectivity index (χ3n) is 20.6. The summed E-state index contributed by atoms with van der Waals surface area (Å²) in [4.78, 5) is 0.927. The highest BCUT2D eigenvalue weighted by molar-refractivity contribution is 7.93. The number of ether oxygens (including phenoxy) is 9. The molecule has 0 radical (unpaired) electrons. The van der Waals surface area contributed by atoms with Crippen molar-refractivity contribution in [3.8, 4) is 34.5 Å². The molecule has 7 aromatic rings. The van der Waals surface area contributed by atoms with Crippen molar-refractivity contribution >= 4 is 65.6 Å². The number of hydrogen-bond donors (Lipinski definition) is 0. The lowest BCUT2D eigenvalue weighted by atomic mass is 9.66. The van der Waals surface area contributed by atoms with Crippen molar-refractivity contribution in [1.29, 1.82) is 0 Å². The Hall–Kier alpha value is -7.44. The number of fused-ring (bicyclic) bond motifs is 4. The number of hydrogen-bond acceptors (Lipinski definition) is 21. The summed E-state index contributed by atoms with van der Waals surface area (Å²) < 4.78 is 219. The van der Waals surface area contributed by atoms with E-state index in [0.29, 0.717) is 78.0 Å². The predicted molar refractivity (Wildman–Crippen MR) is 384 cm³/mol. The fraction of sp³-hybridized carbons (Fsp3) is 0.417. The molecular weight excluding hydrogens is 1460 g/mol. The van der Waals surface area contributed by atoms with Crippen LogP contribution in [0.2, 0.25) is 0 Å². The number of sulfone groups is 1. The molecule has 0 bridgehead atoms. The van der Waals surface area contributed by atoms with Crippen molar-refractivity contribution in [2.45, 2.75) is 110 Å². The second-order valence-corrected chi connectivity index (χ2v) is 37.4. The van der Waals surface area contributed by atoms with Gasteiger partial charge in [-0.25, -0.2) is 50.5 Å². The van der Waals surface area contributed by atoms with Crippen LogP contribution in [0.15, 0.2) is 199 Å². The maximum absolute atomic E-state index is 13.8. The van der Waals surface area contributed by atoms with E-state index in [0.717, 1.165) is 25.7 Å². The van der Waals surface area contributed by atoms with Gasteiger partial charge in [-0.15, -0.1) is 0 Å². The predicted octanol–water partition coefficient (Wildman–Crippen LogP) is 8.95. The number of para-hydroxylation sites is 1. The van der Waals surface area contributed by atoms with E-state index in [9.17, 15) is 50.5 Å². The molecular formula is C72H85N5O21S6. The monoisotopic (exact) mass is 1550 g/mol. The Morgan fingerprint density at radius 2 is 0.769 bits per heavy atom. The van der Waals surface area contributed by atoms with E-state index in [1.54, 1.807) is 128 Å². The molecule has 6 unspecified atom stereocenters. The number of benzene rings is 7. The van der Waals surface area contributed by atoms with Crippen molar-refractivity contribution in [1.82, 2.24) is 17.2 Å². The van der Waals surface area contributed by atoms with Gasteiger partial charge in [0.15, 0.2) is 15.6 Å². The van der Waals surface area contributed by atoms with Crippen LogP contribution in [-0.2, 0) is 79.9 Å². The molecule has 0 N–H and O–H groups in total. The number of piperidine rings is 1. The molecule has 2 saturated carbocycles. The molecule has 3 spiro atoms. The molecule has 7 aromatic carbocycles. The zero-order valence-electron chi connectivity index (χ0n) is 58.4. The summed E-state index contributed by atoms with van der Waals surface area (Å²) in [6.07, 6.45) is 5.07. The quantitative estimate of drug-likeness (QED) is 0.0773. The molecule has 26 nitrogen and oxygen atoms in total. The Balaban J connectivity index is 0.000000147. The molecule has 5 aliphatic heterocycles. The molecule has 2 aliphatic carbocycles. The molecule has 32 heteroatoms. The highest BCUT2D eigenvalue weighted by Crippen LogP contribution is 2.55. The highest BCUT2D eigenvalue weighted by atomic mass is 32.2. The van der Waals surface area contributed by atoms with Gasteiger partial charge in [-0.1, -0.05) is 31.0 Å². The van der Waals surface area contributed by atoms with Gasteiger partial charge in [-0.05, 0) is 196 Å². The van der Waals surface area contributed by atoms with Crippen LogP contribution in [0, 0.1) is 11.8 Å². The van der Waals surface area contributed by atoms with Gasteiger partial charge in [0.2, 0.25) is 40.1 Å². The lowest BCUT2D eigenvalue weighted by Gasteiger charge is -2.53. The zero-order valence-corrected chi connectivity index (χ0v) is 63.3. The van der Waals surface area contributed by atoms with Crippen LogP contribution in [0.25, 0.3) is 0 Å². The highest BCUT2D eigenvalue weighted by Gasteiger charge is 2.62. The summed E-state index contributed by atoms with van der Waals surface area (Å²) in [6.45, 7) is 1.51. The Bertz CT molecular complexity index is 4920. The molecule has 4 saturated heterocycles. The Morgan fingerprint density at radius 1 is 0.365 bits per heavy atom. The van der Waals surface area contributed by atoms with Gasteiger partial charge in [-0.3, -0.25) is 4.31 Å². The van der Waals surface area contributed by atoms with E-state index in [1.165, 1.54) is 106 Å². The average molecular weight is 1550 g/mol. The van der Waals surface area contributed by atoms with Crippen LogP contribution in [0.1, 0.15) is 63.4 Å². The van der Waals surface area contributed by atoms with E-state index >= 15 is 0 Å². The first-order chi connectivity index (χ1) is 49.7. The first-order valence-corrected chi connectivity index (χ1v) is 42.7. The maximum Gasteiger partial charge on any atom is 0.264 e. The van der Waals surface area contributed by atoms with Crippen LogP contribution in [-0.4, -0.2) is 186 Å². The summed E-state index contributed by atoms with van der Waals surface area (Å²) in [6, 6.07) is 44.4. The summed E-state index contributed by atoms with van der Waals surface area (Å²) in [5, 5.41) is -0.573. The number of anilines is 1. The summed E-state index contributed by atoms with van der Waals surface area (Å²) >= 11 is 0. The van der Waals surface area contributed by atoms with Crippen LogP contribution >= 0.6 is 0 Å². The minimum absolute atomic E-state index is 0.0417. The molecule has 0 aromatic heterocycles. The SMILES string of the molecule is COc1ccc(S(=O)(=O)C2CCC3(OCCN3S(=O)(=O)c3ccc(OC)cc3)C3CCCCC32)cc1.COc1ccc(S(=O)(=O)N2CCC3(OCCN3S(=O)(=O)c3ccc(OC)cc3)c3ccccc32)cc1.COc1ccc(S(=O)(=O)N2CCCC3(C2)OCCN3S(=O)(=O)c2ccc(OC)cc2)cc1. The second-order valence-electron chi connectivity index (χ2n) is 25.9. The number of nitrogens with zero attached hydrogens (tertiary/aromatic N) is 5. The van der Waals surface area contributed by atoms with E-state index in [2.05, 4.69) is 0 Å². The molecule has 104 heavy (non-hydrogen) atoms. The summed E-state index contributed by atoms with van der Waals surface area (Å²) in [5.74, 6) is 3.01. The van der Waals surface area contributed by atoms with Crippen LogP contribution in [0.3, 0.4) is 0 Å². The van der Waals surface area contributed by atoms with Crippen molar-refractivity contribution in [2.75, 3.05) is 106 Å². The lowest BCUT2D eigenvalue weighted by Crippen LogP contribution is -2.61. The van der Waals surface area contributed by atoms with Crippen molar-refractivity contribution in [2.24, 2.45) is 11.8 Å². The summed E-state index contributed by atoms with van der Waals surface area (Å²) in [5.41, 5.74) is -2.70. The summed E-state index contributed by atoms with van der Waals surface area (Å²) in [7, 11) is -13.9. The molecule has 6 fully saturated rings. The third-order valence-corrected chi connectivity index (χ3v) is 32.4. The third kappa shape index (κ3) is 14.2. The van der Waals surface area contributed by atoms with Crippen molar-refractivity contribution < 1.29 is 93.1 Å².